The van der Waals surface area contributed by atoms with Crippen molar-refractivity contribution in [3.63, 3.8) is 0 Å². The number of aliphatic carboxylic acids is 1. The number of hydrogen-bond acceptors (Lipinski definition) is 5. The van der Waals surface area contributed by atoms with E-state index < -0.39 is 18.5 Å². The van der Waals surface area contributed by atoms with Gasteiger partial charge in [0.15, 0.2) is 18.1 Å². The van der Waals surface area contributed by atoms with E-state index in [0.717, 1.165) is 0 Å². The first-order chi connectivity index (χ1) is 12.9. The molecule has 0 fully saturated rings. The minimum absolute atomic E-state index is 0.145. The first-order valence-electron chi connectivity index (χ1n) is 7.98. The number of methoxy groups -OCH3 is 1. The first-order valence-corrected chi connectivity index (χ1v) is 7.98. The van der Waals surface area contributed by atoms with Crippen LogP contribution in [0.5, 0.6) is 11.5 Å². The van der Waals surface area contributed by atoms with Gasteiger partial charge in [-0.15, -0.1) is 6.58 Å². The van der Waals surface area contributed by atoms with E-state index in [1.165, 1.54) is 19.2 Å². The number of rotatable bonds is 9. The fourth-order valence-electron chi connectivity index (χ4n) is 2.38. The van der Waals surface area contributed by atoms with Crippen LogP contribution in [0, 0.1) is 0 Å². The predicted molar refractivity (Wildman–Crippen MR) is 101 cm³/mol. The lowest BCUT2D eigenvalue weighted by molar-refractivity contribution is -0.139. The molecule has 0 aliphatic heterocycles. The second-order valence-corrected chi connectivity index (χ2v) is 5.50. The van der Waals surface area contributed by atoms with Crippen LogP contribution >= 0.6 is 0 Å². The maximum atomic E-state index is 11.0. The molecule has 7 heteroatoms. The SMILES string of the molecule is C=CCc1cc(C=Nc2cccc(C(=O)O)c2)cc(OC)c1OCC(=O)O. The van der Waals surface area contributed by atoms with Crippen LogP contribution in [0.1, 0.15) is 21.5 Å². The Morgan fingerprint density at radius 1 is 1.22 bits per heavy atom. The van der Waals surface area contributed by atoms with Crippen molar-refractivity contribution in [3.05, 3.63) is 65.7 Å². The smallest absolute Gasteiger partial charge is 0.341 e. The second-order valence-electron chi connectivity index (χ2n) is 5.50. The van der Waals surface area contributed by atoms with Crippen molar-refractivity contribution >= 4 is 23.8 Å². The summed E-state index contributed by atoms with van der Waals surface area (Å²) in [5.41, 5.74) is 2.02. The topological polar surface area (TPSA) is 105 Å². The summed E-state index contributed by atoms with van der Waals surface area (Å²) in [6, 6.07) is 9.70. The molecule has 0 amide bonds. The molecule has 2 aromatic rings. The van der Waals surface area contributed by atoms with Crippen LogP contribution in [0.15, 0.2) is 54.0 Å². The fraction of sp³-hybridized carbons (Fsp3) is 0.150. The van der Waals surface area contributed by atoms with Gasteiger partial charge >= 0.3 is 11.9 Å². The lowest BCUT2D eigenvalue weighted by Gasteiger charge is -2.14. The molecule has 2 N–H and O–H groups in total. The summed E-state index contributed by atoms with van der Waals surface area (Å²) in [5.74, 6) is -1.41. The normalized spacial score (nSPS) is 10.6. The zero-order valence-corrected chi connectivity index (χ0v) is 14.7. The zero-order chi connectivity index (χ0) is 19.8. The molecule has 140 valence electrons. The van der Waals surface area contributed by atoms with Crippen LogP contribution in [0.2, 0.25) is 0 Å². The summed E-state index contributed by atoms with van der Waals surface area (Å²) in [7, 11) is 1.46. The van der Waals surface area contributed by atoms with Gasteiger partial charge in [0, 0.05) is 11.8 Å². The molecule has 0 heterocycles. The van der Waals surface area contributed by atoms with E-state index in [1.54, 1.807) is 36.6 Å². The van der Waals surface area contributed by atoms with Crippen molar-refractivity contribution in [2.45, 2.75) is 6.42 Å². The number of hydrogen-bond donors (Lipinski definition) is 2. The summed E-state index contributed by atoms with van der Waals surface area (Å²) in [5, 5.41) is 17.9. The van der Waals surface area contributed by atoms with Gasteiger partial charge in [0.25, 0.3) is 0 Å². The van der Waals surface area contributed by atoms with E-state index in [2.05, 4.69) is 11.6 Å². The Bertz CT molecular complexity index is 888. The minimum atomic E-state index is -1.09. The van der Waals surface area contributed by atoms with Crippen LogP contribution in [0.3, 0.4) is 0 Å². The average Bonchev–Trinajstić information content (AvgIpc) is 2.65. The molecule has 0 saturated carbocycles. The van der Waals surface area contributed by atoms with Gasteiger partial charge in [-0.3, -0.25) is 4.99 Å². The highest BCUT2D eigenvalue weighted by Crippen LogP contribution is 2.33. The number of benzene rings is 2. The number of carboxylic acid groups (broad SMARTS) is 2. The highest BCUT2D eigenvalue weighted by Gasteiger charge is 2.13. The molecule has 2 aromatic carbocycles. The lowest BCUT2D eigenvalue weighted by Crippen LogP contribution is -2.11. The fourth-order valence-corrected chi connectivity index (χ4v) is 2.38. The summed E-state index contributed by atoms with van der Waals surface area (Å²) < 4.78 is 10.7. The van der Waals surface area contributed by atoms with Gasteiger partial charge in [-0.2, -0.15) is 0 Å². The number of aliphatic imine (C=N–C) groups is 1. The van der Waals surface area contributed by atoms with E-state index >= 15 is 0 Å². The Morgan fingerprint density at radius 3 is 2.63 bits per heavy atom. The Morgan fingerprint density at radius 2 is 2.00 bits per heavy atom. The van der Waals surface area contributed by atoms with E-state index in [1.807, 2.05) is 0 Å². The third-order valence-corrected chi connectivity index (χ3v) is 3.53. The Labute approximate surface area is 156 Å². The second kappa shape index (κ2) is 9.19. The summed E-state index contributed by atoms with van der Waals surface area (Å²) in [4.78, 5) is 26.1. The maximum absolute atomic E-state index is 11.0. The number of carbonyl (C=O) groups is 2. The molecule has 27 heavy (non-hydrogen) atoms. The molecule has 0 atom stereocenters. The van der Waals surface area contributed by atoms with Gasteiger partial charge in [0.2, 0.25) is 0 Å². The van der Waals surface area contributed by atoms with Gasteiger partial charge in [0.05, 0.1) is 18.4 Å². The van der Waals surface area contributed by atoms with Crippen LogP contribution < -0.4 is 9.47 Å². The van der Waals surface area contributed by atoms with Gasteiger partial charge in [-0.1, -0.05) is 12.1 Å². The van der Waals surface area contributed by atoms with Gasteiger partial charge in [0.1, 0.15) is 0 Å². The van der Waals surface area contributed by atoms with Gasteiger partial charge in [-0.25, -0.2) is 9.59 Å². The molecule has 2 rings (SSSR count). The molecule has 0 aliphatic carbocycles. The number of ether oxygens (including phenoxy) is 2. The molecule has 0 spiro atoms. The van der Waals surface area contributed by atoms with Crippen molar-refractivity contribution in [2.24, 2.45) is 4.99 Å². The monoisotopic (exact) mass is 369 g/mol. The largest absolute Gasteiger partial charge is 0.493 e. The molecule has 0 bridgehead atoms. The van der Waals surface area contributed by atoms with Crippen molar-refractivity contribution in [1.82, 2.24) is 0 Å². The van der Waals surface area contributed by atoms with Crippen molar-refractivity contribution in [3.8, 4) is 11.5 Å². The molecular weight excluding hydrogens is 350 g/mol. The molecule has 0 saturated heterocycles. The Hall–Kier alpha value is -3.61. The van der Waals surface area contributed by atoms with Crippen molar-refractivity contribution < 1.29 is 29.3 Å². The molecule has 0 aromatic heterocycles. The number of allylic oxidation sites excluding steroid dienone is 1. The van der Waals surface area contributed by atoms with Crippen LogP contribution in [0.25, 0.3) is 0 Å². The Kier molecular flexibility index (Phi) is 6.71. The van der Waals surface area contributed by atoms with Crippen LogP contribution in [-0.2, 0) is 11.2 Å². The molecular formula is C20H19NO6. The predicted octanol–water partition coefficient (Wildman–Crippen LogP) is 3.34. The summed E-state index contributed by atoms with van der Waals surface area (Å²) >= 11 is 0. The molecule has 0 unspecified atom stereocenters. The number of carboxylic acids is 2. The van der Waals surface area contributed by atoms with E-state index in [-0.39, 0.29) is 5.56 Å². The average molecular weight is 369 g/mol. The van der Waals surface area contributed by atoms with Crippen LogP contribution in [-0.4, -0.2) is 42.1 Å². The standard InChI is InChI=1S/C20H19NO6/c1-3-5-14-8-13(9-17(26-2)19(14)27-12-18(22)23)11-21-16-7-4-6-15(10-16)20(24)25/h3-4,6-11H,1,5,12H2,2H3,(H,22,23)(H,24,25). The summed E-state index contributed by atoms with van der Waals surface area (Å²) in [6.07, 6.45) is 3.68. The quantitative estimate of drug-likeness (QED) is 0.519. The third kappa shape index (κ3) is 5.43. The number of nitrogens with zero attached hydrogens (tertiary/aromatic N) is 1. The van der Waals surface area contributed by atoms with E-state index in [0.29, 0.717) is 34.7 Å². The molecule has 7 nitrogen and oxygen atoms in total. The highest BCUT2D eigenvalue weighted by atomic mass is 16.5. The van der Waals surface area contributed by atoms with Gasteiger partial charge in [-0.05, 0) is 42.3 Å². The zero-order valence-electron chi connectivity index (χ0n) is 14.7. The number of aromatic carboxylic acids is 1. The van der Waals surface area contributed by atoms with Gasteiger partial charge < -0.3 is 19.7 Å². The van der Waals surface area contributed by atoms with E-state index in [9.17, 15) is 9.59 Å². The van der Waals surface area contributed by atoms with Crippen molar-refractivity contribution in [1.29, 1.82) is 0 Å². The molecule has 0 aliphatic rings. The lowest BCUT2D eigenvalue weighted by atomic mass is 10.1. The first kappa shape index (κ1) is 19.7. The Balaban J connectivity index is 2.37. The highest BCUT2D eigenvalue weighted by molar-refractivity contribution is 5.89. The van der Waals surface area contributed by atoms with E-state index in [4.69, 9.17) is 19.7 Å². The minimum Gasteiger partial charge on any atom is -0.493 e. The molecule has 0 radical (unpaired) electrons. The maximum Gasteiger partial charge on any atom is 0.341 e. The van der Waals surface area contributed by atoms with Crippen LogP contribution in [0.4, 0.5) is 5.69 Å². The van der Waals surface area contributed by atoms with Crippen molar-refractivity contribution in [2.75, 3.05) is 13.7 Å². The third-order valence-electron chi connectivity index (χ3n) is 3.53. The summed E-state index contributed by atoms with van der Waals surface area (Å²) in [6.45, 7) is 3.21.